The number of halogens is 1. The SMILES string of the molecule is CCCNC(Cc1ccnc(N)c1)Cc1ccccc1F. The van der Waals surface area contributed by atoms with Gasteiger partial charge in [0, 0.05) is 12.2 Å². The molecule has 2 rings (SSSR count). The zero-order valence-electron chi connectivity index (χ0n) is 12.3. The highest BCUT2D eigenvalue weighted by Gasteiger charge is 2.12. The highest BCUT2D eigenvalue weighted by molar-refractivity contribution is 5.32. The van der Waals surface area contributed by atoms with Gasteiger partial charge in [0.05, 0.1) is 0 Å². The van der Waals surface area contributed by atoms with Crippen LogP contribution in [0.1, 0.15) is 24.5 Å². The van der Waals surface area contributed by atoms with Crippen molar-refractivity contribution in [1.29, 1.82) is 0 Å². The van der Waals surface area contributed by atoms with Gasteiger partial charge in [0.15, 0.2) is 0 Å². The van der Waals surface area contributed by atoms with Gasteiger partial charge in [-0.15, -0.1) is 0 Å². The van der Waals surface area contributed by atoms with Crippen LogP contribution < -0.4 is 11.1 Å². The number of rotatable bonds is 7. The van der Waals surface area contributed by atoms with Gasteiger partial charge in [-0.2, -0.15) is 0 Å². The number of nitrogens with two attached hydrogens (primary N) is 1. The Morgan fingerprint density at radius 1 is 1.24 bits per heavy atom. The van der Waals surface area contributed by atoms with Crippen molar-refractivity contribution in [3.8, 4) is 0 Å². The third-order valence-corrected chi connectivity index (χ3v) is 3.43. The summed E-state index contributed by atoms with van der Waals surface area (Å²) in [4.78, 5) is 4.00. The highest BCUT2D eigenvalue weighted by atomic mass is 19.1. The molecule has 2 aromatic rings. The fraction of sp³-hybridized carbons (Fsp3) is 0.353. The Labute approximate surface area is 125 Å². The molecule has 0 saturated carbocycles. The molecule has 0 bridgehead atoms. The molecule has 3 N–H and O–H groups in total. The lowest BCUT2D eigenvalue weighted by Gasteiger charge is -2.19. The number of nitrogen functional groups attached to an aromatic ring is 1. The summed E-state index contributed by atoms with van der Waals surface area (Å²) in [7, 11) is 0. The van der Waals surface area contributed by atoms with Gasteiger partial charge in [0.2, 0.25) is 0 Å². The second kappa shape index (κ2) is 7.74. The van der Waals surface area contributed by atoms with E-state index in [2.05, 4.69) is 17.2 Å². The maximum Gasteiger partial charge on any atom is 0.126 e. The fourth-order valence-electron chi connectivity index (χ4n) is 2.40. The monoisotopic (exact) mass is 287 g/mol. The van der Waals surface area contributed by atoms with E-state index in [1.54, 1.807) is 12.3 Å². The van der Waals surface area contributed by atoms with Crippen LogP contribution in [0.2, 0.25) is 0 Å². The number of anilines is 1. The average molecular weight is 287 g/mol. The van der Waals surface area contributed by atoms with E-state index >= 15 is 0 Å². The Bertz CT molecular complexity index is 571. The van der Waals surface area contributed by atoms with Gasteiger partial charge in [-0.25, -0.2) is 9.37 Å². The summed E-state index contributed by atoms with van der Waals surface area (Å²) in [6, 6.07) is 11.0. The molecule has 21 heavy (non-hydrogen) atoms. The summed E-state index contributed by atoms with van der Waals surface area (Å²) < 4.78 is 13.8. The first-order valence-electron chi connectivity index (χ1n) is 7.36. The number of aromatic nitrogens is 1. The highest BCUT2D eigenvalue weighted by Crippen LogP contribution is 2.13. The number of hydrogen-bond acceptors (Lipinski definition) is 3. The van der Waals surface area contributed by atoms with E-state index in [1.807, 2.05) is 24.3 Å². The van der Waals surface area contributed by atoms with Crippen LogP contribution in [-0.4, -0.2) is 17.6 Å². The number of hydrogen-bond donors (Lipinski definition) is 2. The fourth-order valence-corrected chi connectivity index (χ4v) is 2.40. The topological polar surface area (TPSA) is 50.9 Å². The summed E-state index contributed by atoms with van der Waals surface area (Å²) in [5, 5.41) is 3.49. The van der Waals surface area contributed by atoms with Crippen LogP contribution in [0.5, 0.6) is 0 Å². The van der Waals surface area contributed by atoms with Gasteiger partial charge in [-0.3, -0.25) is 0 Å². The van der Waals surface area contributed by atoms with Crippen molar-refractivity contribution in [3.63, 3.8) is 0 Å². The maximum atomic E-state index is 13.8. The van der Waals surface area contributed by atoms with Crippen LogP contribution in [0, 0.1) is 5.82 Å². The van der Waals surface area contributed by atoms with E-state index in [-0.39, 0.29) is 11.9 Å². The molecule has 0 radical (unpaired) electrons. The number of nitrogens with one attached hydrogen (secondary N) is 1. The standard InChI is InChI=1S/C17H22FN3/c1-2-8-20-15(10-13-7-9-21-17(19)11-13)12-14-5-3-4-6-16(14)18/h3-7,9,11,15,20H,2,8,10,12H2,1H3,(H2,19,21). The zero-order chi connectivity index (χ0) is 15.1. The van der Waals surface area contributed by atoms with E-state index in [0.29, 0.717) is 12.2 Å². The molecule has 0 aliphatic carbocycles. The maximum absolute atomic E-state index is 13.8. The van der Waals surface area contributed by atoms with Gasteiger partial charge < -0.3 is 11.1 Å². The molecule has 3 nitrogen and oxygen atoms in total. The van der Waals surface area contributed by atoms with Gasteiger partial charge in [-0.05, 0) is 55.1 Å². The molecule has 0 fully saturated rings. The molecule has 0 aliphatic heterocycles. The Balaban J connectivity index is 2.09. The van der Waals surface area contributed by atoms with Crippen LogP contribution in [0.25, 0.3) is 0 Å². The first-order chi connectivity index (χ1) is 10.2. The molecule has 0 spiro atoms. The lowest BCUT2D eigenvalue weighted by atomic mass is 9.99. The summed E-state index contributed by atoms with van der Waals surface area (Å²) in [5.74, 6) is 0.377. The normalized spacial score (nSPS) is 12.3. The minimum atomic E-state index is -0.143. The van der Waals surface area contributed by atoms with Crippen molar-refractivity contribution < 1.29 is 4.39 Å². The van der Waals surface area contributed by atoms with Crippen LogP contribution in [0.3, 0.4) is 0 Å². The van der Waals surface area contributed by atoms with Crippen LogP contribution in [0.15, 0.2) is 42.6 Å². The Morgan fingerprint density at radius 2 is 2.05 bits per heavy atom. The van der Waals surface area contributed by atoms with Crippen LogP contribution >= 0.6 is 0 Å². The van der Waals surface area contributed by atoms with Crippen LogP contribution in [-0.2, 0) is 12.8 Å². The van der Waals surface area contributed by atoms with Crippen molar-refractivity contribution in [2.45, 2.75) is 32.2 Å². The number of nitrogens with zero attached hydrogens (tertiary/aromatic N) is 1. The van der Waals surface area contributed by atoms with E-state index < -0.39 is 0 Å². The number of pyridine rings is 1. The largest absolute Gasteiger partial charge is 0.384 e. The summed E-state index contributed by atoms with van der Waals surface area (Å²) >= 11 is 0. The average Bonchev–Trinajstić information content (AvgIpc) is 2.47. The molecular weight excluding hydrogens is 265 g/mol. The Kier molecular flexibility index (Phi) is 5.69. The minimum Gasteiger partial charge on any atom is -0.384 e. The van der Waals surface area contributed by atoms with Gasteiger partial charge in [0.25, 0.3) is 0 Å². The quantitative estimate of drug-likeness (QED) is 0.823. The first kappa shape index (κ1) is 15.4. The van der Waals surface area contributed by atoms with E-state index in [9.17, 15) is 4.39 Å². The third kappa shape index (κ3) is 4.83. The predicted octanol–water partition coefficient (Wildman–Crippen LogP) is 2.96. The predicted molar refractivity (Wildman–Crippen MR) is 84.5 cm³/mol. The summed E-state index contributed by atoms with van der Waals surface area (Å²) in [5.41, 5.74) is 7.58. The van der Waals surface area contributed by atoms with Gasteiger partial charge in [-0.1, -0.05) is 25.1 Å². The van der Waals surface area contributed by atoms with Crippen molar-refractivity contribution in [1.82, 2.24) is 10.3 Å². The molecule has 0 saturated heterocycles. The molecule has 1 heterocycles. The third-order valence-electron chi connectivity index (χ3n) is 3.43. The van der Waals surface area contributed by atoms with Crippen molar-refractivity contribution in [3.05, 3.63) is 59.5 Å². The molecule has 1 unspecified atom stereocenters. The molecular formula is C17H22FN3. The Morgan fingerprint density at radius 3 is 2.76 bits per heavy atom. The van der Waals surface area contributed by atoms with E-state index in [0.717, 1.165) is 30.5 Å². The smallest absolute Gasteiger partial charge is 0.126 e. The van der Waals surface area contributed by atoms with Crippen molar-refractivity contribution in [2.75, 3.05) is 12.3 Å². The van der Waals surface area contributed by atoms with E-state index in [4.69, 9.17) is 5.73 Å². The molecule has 4 heteroatoms. The molecule has 0 amide bonds. The second-order valence-electron chi connectivity index (χ2n) is 5.24. The molecule has 1 atom stereocenters. The number of benzene rings is 1. The molecule has 112 valence electrons. The van der Waals surface area contributed by atoms with E-state index in [1.165, 1.54) is 6.07 Å². The first-order valence-corrected chi connectivity index (χ1v) is 7.36. The lowest BCUT2D eigenvalue weighted by Crippen LogP contribution is -2.34. The second-order valence-corrected chi connectivity index (χ2v) is 5.24. The summed E-state index contributed by atoms with van der Waals surface area (Å²) in [6.45, 7) is 3.04. The van der Waals surface area contributed by atoms with Crippen molar-refractivity contribution >= 4 is 5.82 Å². The lowest BCUT2D eigenvalue weighted by molar-refractivity contribution is 0.492. The minimum absolute atomic E-state index is 0.143. The summed E-state index contributed by atoms with van der Waals surface area (Å²) in [6.07, 6.45) is 4.23. The zero-order valence-corrected chi connectivity index (χ0v) is 12.3. The molecule has 1 aromatic carbocycles. The van der Waals surface area contributed by atoms with Gasteiger partial charge >= 0.3 is 0 Å². The van der Waals surface area contributed by atoms with Crippen LogP contribution in [0.4, 0.5) is 10.2 Å². The Hall–Kier alpha value is -1.94. The van der Waals surface area contributed by atoms with Gasteiger partial charge in [0.1, 0.15) is 11.6 Å². The van der Waals surface area contributed by atoms with Crippen molar-refractivity contribution in [2.24, 2.45) is 0 Å². The molecule has 1 aromatic heterocycles. The molecule has 0 aliphatic rings.